The van der Waals surface area contributed by atoms with Crippen molar-refractivity contribution in [2.45, 2.75) is 44.7 Å². The van der Waals surface area contributed by atoms with Crippen molar-refractivity contribution in [1.82, 2.24) is 4.90 Å². The van der Waals surface area contributed by atoms with Crippen LogP contribution in [0, 0.1) is 5.92 Å². The summed E-state index contributed by atoms with van der Waals surface area (Å²) in [6, 6.07) is -0.590. The number of aliphatic carboxylic acids is 1. The third-order valence-corrected chi connectivity index (χ3v) is 3.48. The fourth-order valence-corrected chi connectivity index (χ4v) is 2.31. The van der Waals surface area contributed by atoms with Crippen LogP contribution in [-0.2, 0) is 14.3 Å². The molecular weight excluding hydrogens is 222 g/mol. The van der Waals surface area contributed by atoms with E-state index in [9.17, 15) is 9.59 Å². The highest BCUT2D eigenvalue weighted by atomic mass is 16.5. The summed E-state index contributed by atoms with van der Waals surface area (Å²) in [5.41, 5.74) is 0. The molecule has 0 aromatic rings. The predicted octanol–water partition coefficient (Wildman–Crippen LogP) is 0.877. The second-order valence-corrected chi connectivity index (χ2v) is 4.90. The lowest BCUT2D eigenvalue weighted by molar-refractivity contribution is -0.154. The van der Waals surface area contributed by atoms with Gasteiger partial charge in [-0.2, -0.15) is 0 Å². The Morgan fingerprint density at radius 1 is 1.35 bits per heavy atom. The molecule has 0 spiro atoms. The third kappa shape index (κ3) is 2.77. The maximum atomic E-state index is 12.3. The molecule has 0 radical (unpaired) electrons. The number of amides is 1. The van der Waals surface area contributed by atoms with Gasteiger partial charge in [-0.15, -0.1) is 0 Å². The van der Waals surface area contributed by atoms with Crippen LogP contribution in [0.15, 0.2) is 0 Å². The molecule has 5 nitrogen and oxygen atoms in total. The molecule has 1 N–H and O–H groups in total. The topological polar surface area (TPSA) is 66.8 Å². The summed E-state index contributed by atoms with van der Waals surface area (Å²) in [5.74, 6) is -1.12. The highest BCUT2D eigenvalue weighted by Crippen LogP contribution is 2.31. The van der Waals surface area contributed by atoms with Crippen molar-refractivity contribution in [3.05, 3.63) is 0 Å². The molecule has 2 unspecified atom stereocenters. The van der Waals surface area contributed by atoms with E-state index in [2.05, 4.69) is 0 Å². The first-order valence-electron chi connectivity index (χ1n) is 6.24. The fourth-order valence-electron chi connectivity index (χ4n) is 2.31. The first kappa shape index (κ1) is 12.4. The molecule has 2 rings (SSSR count). The summed E-state index contributed by atoms with van der Waals surface area (Å²) in [4.78, 5) is 24.9. The number of carboxylic acid groups (broad SMARTS) is 1. The Labute approximate surface area is 101 Å². The zero-order valence-electron chi connectivity index (χ0n) is 10.1. The van der Waals surface area contributed by atoms with Crippen LogP contribution in [0.5, 0.6) is 0 Å². The van der Waals surface area contributed by atoms with Gasteiger partial charge in [-0.05, 0) is 32.6 Å². The average molecular weight is 241 g/mol. The van der Waals surface area contributed by atoms with E-state index < -0.39 is 12.0 Å². The van der Waals surface area contributed by atoms with Crippen molar-refractivity contribution in [2.75, 3.05) is 13.2 Å². The Morgan fingerprint density at radius 3 is 2.53 bits per heavy atom. The van der Waals surface area contributed by atoms with Crippen LogP contribution >= 0.6 is 0 Å². The third-order valence-electron chi connectivity index (χ3n) is 3.48. The molecule has 2 atom stereocenters. The molecule has 0 aromatic carbocycles. The minimum atomic E-state index is -0.929. The maximum absolute atomic E-state index is 12.3. The smallest absolute Gasteiger partial charge is 0.326 e. The van der Waals surface area contributed by atoms with Crippen molar-refractivity contribution >= 4 is 11.9 Å². The predicted molar refractivity (Wildman–Crippen MR) is 60.5 cm³/mol. The first-order valence-corrected chi connectivity index (χ1v) is 6.24. The van der Waals surface area contributed by atoms with Gasteiger partial charge in [-0.1, -0.05) is 0 Å². The number of carboxylic acids is 1. The van der Waals surface area contributed by atoms with E-state index in [4.69, 9.17) is 9.84 Å². The van der Waals surface area contributed by atoms with E-state index in [0.29, 0.717) is 13.2 Å². The Morgan fingerprint density at radius 2 is 2.06 bits per heavy atom. The highest BCUT2D eigenvalue weighted by Gasteiger charge is 2.41. The molecule has 1 aliphatic carbocycles. The number of ether oxygens (including phenoxy) is 1. The molecule has 17 heavy (non-hydrogen) atoms. The summed E-state index contributed by atoms with van der Waals surface area (Å²) >= 11 is 0. The maximum Gasteiger partial charge on any atom is 0.326 e. The van der Waals surface area contributed by atoms with Crippen LogP contribution < -0.4 is 0 Å². The van der Waals surface area contributed by atoms with Crippen LogP contribution in [0.4, 0.5) is 0 Å². The van der Waals surface area contributed by atoms with E-state index in [-0.39, 0.29) is 17.9 Å². The van der Waals surface area contributed by atoms with Crippen molar-refractivity contribution in [3.8, 4) is 0 Å². The van der Waals surface area contributed by atoms with Crippen molar-refractivity contribution in [1.29, 1.82) is 0 Å². The van der Waals surface area contributed by atoms with Gasteiger partial charge in [0.1, 0.15) is 6.04 Å². The van der Waals surface area contributed by atoms with Crippen molar-refractivity contribution in [3.63, 3.8) is 0 Å². The first-order chi connectivity index (χ1) is 8.11. The minimum absolute atomic E-state index is 0.0397. The largest absolute Gasteiger partial charge is 0.480 e. The standard InChI is InChI=1S/C12H19NO4/c1-8(12(15)16)13(10-4-5-10)11(14)9-3-2-6-17-7-9/h8-10H,2-7H2,1H3,(H,15,16). The van der Waals surface area contributed by atoms with Gasteiger partial charge in [0.25, 0.3) is 0 Å². The van der Waals surface area contributed by atoms with E-state index in [0.717, 1.165) is 25.7 Å². The van der Waals surface area contributed by atoms with Crippen LogP contribution in [0.2, 0.25) is 0 Å². The zero-order valence-corrected chi connectivity index (χ0v) is 10.1. The van der Waals surface area contributed by atoms with Gasteiger partial charge in [0, 0.05) is 12.6 Å². The summed E-state index contributed by atoms with van der Waals surface area (Å²) in [5, 5.41) is 9.05. The Bertz CT molecular complexity index is 308. The summed E-state index contributed by atoms with van der Waals surface area (Å²) in [6.07, 6.45) is 3.55. The van der Waals surface area contributed by atoms with Crippen molar-refractivity contribution in [2.24, 2.45) is 5.92 Å². The monoisotopic (exact) mass is 241 g/mol. The SMILES string of the molecule is CC(C(=O)O)N(C(=O)C1CCCOC1)C1CC1. The lowest BCUT2D eigenvalue weighted by Gasteiger charge is -2.31. The lowest BCUT2D eigenvalue weighted by Crippen LogP contribution is -2.48. The average Bonchev–Trinajstić information content (AvgIpc) is 3.14. The van der Waals surface area contributed by atoms with Gasteiger partial charge in [0.2, 0.25) is 5.91 Å². The molecule has 1 saturated heterocycles. The van der Waals surface area contributed by atoms with Gasteiger partial charge >= 0.3 is 5.97 Å². The van der Waals surface area contributed by atoms with Crippen LogP contribution in [-0.4, -0.2) is 47.2 Å². The van der Waals surface area contributed by atoms with Gasteiger partial charge in [-0.3, -0.25) is 4.79 Å². The number of hydrogen-bond donors (Lipinski definition) is 1. The fraction of sp³-hybridized carbons (Fsp3) is 0.833. The molecule has 1 saturated carbocycles. The molecule has 2 fully saturated rings. The zero-order chi connectivity index (χ0) is 12.4. The van der Waals surface area contributed by atoms with Crippen LogP contribution in [0.25, 0.3) is 0 Å². The second kappa shape index (κ2) is 5.04. The molecule has 0 bridgehead atoms. The number of carbonyl (C=O) groups is 2. The minimum Gasteiger partial charge on any atom is -0.480 e. The number of rotatable bonds is 4. The van der Waals surface area contributed by atoms with Crippen LogP contribution in [0.3, 0.4) is 0 Å². The van der Waals surface area contributed by atoms with E-state index in [1.165, 1.54) is 0 Å². The molecule has 96 valence electrons. The molecule has 1 amide bonds. The second-order valence-electron chi connectivity index (χ2n) is 4.90. The molecular formula is C12H19NO4. The molecule has 1 aliphatic heterocycles. The molecule has 2 aliphatic rings. The summed E-state index contributed by atoms with van der Waals surface area (Å²) < 4.78 is 5.30. The lowest BCUT2D eigenvalue weighted by atomic mass is 9.99. The van der Waals surface area contributed by atoms with E-state index >= 15 is 0 Å². The van der Waals surface area contributed by atoms with Gasteiger partial charge in [0.05, 0.1) is 12.5 Å². The van der Waals surface area contributed by atoms with Gasteiger partial charge < -0.3 is 14.7 Å². The number of carbonyl (C=O) groups excluding carboxylic acids is 1. The van der Waals surface area contributed by atoms with E-state index in [1.54, 1.807) is 11.8 Å². The molecule has 1 heterocycles. The normalized spacial score (nSPS) is 26.3. The Balaban J connectivity index is 2.04. The summed E-state index contributed by atoms with van der Waals surface area (Å²) in [6.45, 7) is 2.73. The summed E-state index contributed by atoms with van der Waals surface area (Å²) in [7, 11) is 0. The number of nitrogens with zero attached hydrogens (tertiary/aromatic N) is 1. The van der Waals surface area contributed by atoms with Gasteiger partial charge in [-0.25, -0.2) is 4.79 Å². The molecule has 5 heteroatoms. The van der Waals surface area contributed by atoms with Crippen LogP contribution in [0.1, 0.15) is 32.6 Å². The Hall–Kier alpha value is -1.10. The quantitative estimate of drug-likeness (QED) is 0.793. The highest BCUT2D eigenvalue weighted by molar-refractivity contribution is 5.85. The van der Waals surface area contributed by atoms with E-state index in [1.807, 2.05) is 0 Å². The molecule has 0 aromatic heterocycles. The van der Waals surface area contributed by atoms with Gasteiger partial charge in [0.15, 0.2) is 0 Å². The van der Waals surface area contributed by atoms with Crippen molar-refractivity contribution < 1.29 is 19.4 Å². The number of hydrogen-bond acceptors (Lipinski definition) is 3. The Kier molecular flexibility index (Phi) is 3.66.